The third-order valence-electron chi connectivity index (χ3n) is 3.09. The summed E-state index contributed by atoms with van der Waals surface area (Å²) in [4.78, 5) is 15.6. The first-order chi connectivity index (χ1) is 10.6. The number of aryl methyl sites for hydroxylation is 1. The van der Waals surface area contributed by atoms with E-state index in [-0.39, 0.29) is 0 Å². The fourth-order valence-electron chi connectivity index (χ4n) is 2.14. The first kappa shape index (κ1) is 15.9. The topological polar surface area (TPSA) is 80.0 Å². The highest BCUT2D eigenvalue weighted by molar-refractivity contribution is 7.80. The number of carbonyl (C=O) groups is 1. The molecular weight excluding hydrogens is 296 g/mol. The van der Waals surface area contributed by atoms with E-state index in [1.165, 1.54) is 0 Å². The van der Waals surface area contributed by atoms with E-state index in [2.05, 4.69) is 22.5 Å². The van der Waals surface area contributed by atoms with Crippen molar-refractivity contribution >= 4 is 34.6 Å². The van der Waals surface area contributed by atoms with Gasteiger partial charge in [0.15, 0.2) is 5.11 Å². The lowest BCUT2D eigenvalue weighted by Gasteiger charge is -2.16. The van der Waals surface area contributed by atoms with Gasteiger partial charge in [-0.1, -0.05) is 25.5 Å². The Morgan fingerprint density at radius 3 is 2.73 bits per heavy atom. The van der Waals surface area contributed by atoms with E-state index in [0.717, 1.165) is 24.1 Å². The summed E-state index contributed by atoms with van der Waals surface area (Å²) < 4.78 is 0. The lowest BCUT2D eigenvalue weighted by Crippen LogP contribution is -2.23. The van der Waals surface area contributed by atoms with E-state index in [1.54, 1.807) is 18.5 Å². The molecule has 0 aliphatic carbocycles. The normalized spacial score (nSPS) is 10.0. The summed E-state index contributed by atoms with van der Waals surface area (Å²) in [7, 11) is 0. The maximum absolute atomic E-state index is 11.6. The molecule has 0 fully saturated rings. The number of hydrogen-bond donors (Lipinski definition) is 3. The summed E-state index contributed by atoms with van der Waals surface area (Å²) in [5, 5.41) is 6.51. The number of primary amides is 1. The zero-order valence-corrected chi connectivity index (χ0v) is 13.1. The lowest BCUT2D eigenvalue weighted by atomic mass is 10.0. The minimum Gasteiger partial charge on any atom is -0.366 e. The first-order valence-electron chi connectivity index (χ1n) is 7.01. The maximum Gasteiger partial charge on any atom is 0.250 e. The molecule has 6 heteroatoms. The van der Waals surface area contributed by atoms with Crippen LogP contribution in [-0.4, -0.2) is 16.0 Å². The molecule has 0 radical (unpaired) electrons. The Kier molecular flexibility index (Phi) is 5.43. The number of amides is 1. The molecule has 1 aromatic carbocycles. The number of carbonyl (C=O) groups excluding carboxylic acids is 1. The predicted molar refractivity (Wildman–Crippen MR) is 93.0 cm³/mol. The van der Waals surface area contributed by atoms with Crippen molar-refractivity contribution in [3.63, 3.8) is 0 Å². The van der Waals surface area contributed by atoms with Gasteiger partial charge in [0, 0.05) is 6.20 Å². The minimum absolute atomic E-state index is 0.388. The molecule has 0 atom stereocenters. The maximum atomic E-state index is 11.6. The molecule has 1 aromatic heterocycles. The third-order valence-corrected chi connectivity index (χ3v) is 3.30. The van der Waals surface area contributed by atoms with Crippen molar-refractivity contribution in [2.45, 2.75) is 19.8 Å². The summed E-state index contributed by atoms with van der Waals surface area (Å²) in [6.07, 6.45) is 5.14. The second-order valence-corrected chi connectivity index (χ2v) is 5.18. The van der Waals surface area contributed by atoms with E-state index < -0.39 is 5.91 Å². The van der Waals surface area contributed by atoms with Gasteiger partial charge in [0.1, 0.15) is 0 Å². The van der Waals surface area contributed by atoms with Crippen LogP contribution in [0.4, 0.5) is 11.4 Å². The SMILES string of the molecule is CCCc1cccc(C(N)=O)c1NC(=S)Nc1cccnc1. The number of thiocarbonyl (C=S) groups is 1. The Balaban J connectivity index is 2.23. The molecule has 0 saturated heterocycles. The van der Waals surface area contributed by atoms with Gasteiger partial charge in [-0.05, 0) is 42.4 Å². The van der Waals surface area contributed by atoms with Gasteiger partial charge in [-0.2, -0.15) is 0 Å². The van der Waals surface area contributed by atoms with E-state index in [0.29, 0.717) is 16.4 Å². The molecule has 1 heterocycles. The molecule has 2 aromatic rings. The average molecular weight is 314 g/mol. The van der Waals surface area contributed by atoms with Crippen molar-refractivity contribution in [3.05, 3.63) is 53.9 Å². The summed E-state index contributed by atoms with van der Waals surface area (Å²) in [6, 6.07) is 9.15. The van der Waals surface area contributed by atoms with Gasteiger partial charge in [0.25, 0.3) is 5.91 Å². The molecule has 1 amide bonds. The van der Waals surface area contributed by atoms with Gasteiger partial charge >= 0.3 is 0 Å². The van der Waals surface area contributed by atoms with Crippen LogP contribution < -0.4 is 16.4 Å². The molecule has 2 rings (SSSR count). The van der Waals surface area contributed by atoms with Crippen LogP contribution in [0.5, 0.6) is 0 Å². The van der Waals surface area contributed by atoms with Crippen LogP contribution in [-0.2, 0) is 6.42 Å². The monoisotopic (exact) mass is 314 g/mol. The van der Waals surface area contributed by atoms with Crippen LogP contribution in [0, 0.1) is 0 Å². The van der Waals surface area contributed by atoms with Crippen molar-refractivity contribution in [2.24, 2.45) is 5.73 Å². The van der Waals surface area contributed by atoms with Crippen molar-refractivity contribution in [1.29, 1.82) is 0 Å². The van der Waals surface area contributed by atoms with Crippen molar-refractivity contribution < 1.29 is 4.79 Å². The molecule has 0 saturated carbocycles. The van der Waals surface area contributed by atoms with Crippen LogP contribution in [0.1, 0.15) is 29.3 Å². The number of hydrogen-bond acceptors (Lipinski definition) is 3. The number of benzene rings is 1. The molecule has 114 valence electrons. The number of nitrogens with zero attached hydrogens (tertiary/aromatic N) is 1. The quantitative estimate of drug-likeness (QED) is 0.739. The van der Waals surface area contributed by atoms with Gasteiger partial charge in [0.05, 0.1) is 23.1 Å². The van der Waals surface area contributed by atoms with Crippen LogP contribution in [0.3, 0.4) is 0 Å². The summed E-state index contributed by atoms with van der Waals surface area (Å²) in [5.74, 6) is -0.482. The molecule has 0 spiro atoms. The average Bonchev–Trinajstić information content (AvgIpc) is 2.50. The number of nitrogens with one attached hydrogen (secondary N) is 2. The van der Waals surface area contributed by atoms with E-state index >= 15 is 0 Å². The number of para-hydroxylation sites is 1. The Labute approximate surface area is 134 Å². The first-order valence-corrected chi connectivity index (χ1v) is 7.42. The second-order valence-electron chi connectivity index (χ2n) is 4.77. The van der Waals surface area contributed by atoms with Gasteiger partial charge in [-0.15, -0.1) is 0 Å². The molecule has 0 unspecified atom stereocenters. The Morgan fingerprint density at radius 1 is 1.27 bits per heavy atom. The minimum atomic E-state index is -0.482. The number of rotatable bonds is 5. The summed E-state index contributed by atoms with van der Waals surface area (Å²) in [6.45, 7) is 2.08. The van der Waals surface area contributed by atoms with Crippen molar-refractivity contribution in [2.75, 3.05) is 10.6 Å². The number of anilines is 2. The fourth-order valence-corrected chi connectivity index (χ4v) is 2.36. The van der Waals surface area contributed by atoms with Crippen LogP contribution in [0.25, 0.3) is 0 Å². The van der Waals surface area contributed by atoms with Crippen LogP contribution in [0.15, 0.2) is 42.7 Å². The molecular formula is C16H18N4OS. The number of pyridine rings is 1. The van der Waals surface area contributed by atoms with E-state index in [9.17, 15) is 4.79 Å². The Morgan fingerprint density at radius 2 is 2.09 bits per heavy atom. The van der Waals surface area contributed by atoms with Gasteiger partial charge in [-0.25, -0.2) is 0 Å². The standard InChI is InChI=1S/C16H18N4OS/c1-2-5-11-6-3-8-13(15(17)21)14(11)20-16(22)19-12-7-4-9-18-10-12/h3-4,6-10H,2,5H2,1H3,(H2,17,21)(H2,19,20,22). The second kappa shape index (κ2) is 7.51. The molecule has 0 bridgehead atoms. The van der Waals surface area contributed by atoms with Gasteiger partial charge < -0.3 is 16.4 Å². The molecule has 4 N–H and O–H groups in total. The smallest absolute Gasteiger partial charge is 0.250 e. The van der Waals surface area contributed by atoms with Crippen LogP contribution >= 0.6 is 12.2 Å². The molecule has 0 aliphatic rings. The van der Waals surface area contributed by atoms with Gasteiger partial charge in [-0.3, -0.25) is 9.78 Å². The highest BCUT2D eigenvalue weighted by atomic mass is 32.1. The molecule has 0 aliphatic heterocycles. The number of nitrogens with two attached hydrogens (primary N) is 1. The van der Waals surface area contributed by atoms with Gasteiger partial charge in [0.2, 0.25) is 0 Å². The molecule has 5 nitrogen and oxygen atoms in total. The lowest BCUT2D eigenvalue weighted by molar-refractivity contribution is 0.100. The summed E-state index contributed by atoms with van der Waals surface area (Å²) >= 11 is 5.31. The van der Waals surface area contributed by atoms with Crippen molar-refractivity contribution in [1.82, 2.24) is 4.98 Å². The van der Waals surface area contributed by atoms with E-state index in [4.69, 9.17) is 18.0 Å². The zero-order chi connectivity index (χ0) is 15.9. The highest BCUT2D eigenvalue weighted by Gasteiger charge is 2.13. The number of aromatic nitrogens is 1. The highest BCUT2D eigenvalue weighted by Crippen LogP contribution is 2.23. The third kappa shape index (κ3) is 4.02. The Bertz CT molecular complexity index is 673. The van der Waals surface area contributed by atoms with Crippen LogP contribution in [0.2, 0.25) is 0 Å². The largest absolute Gasteiger partial charge is 0.366 e. The Hall–Kier alpha value is -2.47. The summed E-state index contributed by atoms with van der Waals surface area (Å²) in [5.41, 5.74) is 8.33. The predicted octanol–water partition coefficient (Wildman–Crippen LogP) is 2.94. The van der Waals surface area contributed by atoms with Crippen molar-refractivity contribution in [3.8, 4) is 0 Å². The zero-order valence-electron chi connectivity index (χ0n) is 12.3. The fraction of sp³-hybridized carbons (Fsp3) is 0.188. The molecule has 22 heavy (non-hydrogen) atoms. The van der Waals surface area contributed by atoms with E-state index in [1.807, 2.05) is 24.3 Å².